The fourth-order valence-corrected chi connectivity index (χ4v) is 1.54. The summed E-state index contributed by atoms with van der Waals surface area (Å²) in [7, 11) is 1.91. The van der Waals surface area contributed by atoms with E-state index in [1.807, 2.05) is 20.2 Å². The second-order valence-corrected chi connectivity index (χ2v) is 3.71. The maximum atomic E-state index is 5.39. The fraction of sp³-hybridized carbons (Fsp3) is 0.583. The van der Waals surface area contributed by atoms with Crippen molar-refractivity contribution in [3.05, 3.63) is 24.0 Å². The summed E-state index contributed by atoms with van der Waals surface area (Å²) in [6.45, 7) is 10.4. The zero-order valence-electron chi connectivity index (χ0n) is 10.4. The molecule has 0 aliphatic heterocycles. The van der Waals surface area contributed by atoms with Crippen LogP contribution in [0.15, 0.2) is 12.8 Å². The van der Waals surface area contributed by atoms with Crippen LogP contribution in [0.5, 0.6) is 0 Å². The molecule has 0 atom stereocenters. The van der Waals surface area contributed by atoms with Crippen molar-refractivity contribution in [3.63, 3.8) is 0 Å². The monoisotopic (exact) mass is 223 g/mol. The average molecular weight is 223 g/mol. The SMILES string of the molecule is C=C(OCC)c1nn(C)cc1CNCCC. The zero-order chi connectivity index (χ0) is 12.0. The van der Waals surface area contributed by atoms with Crippen molar-refractivity contribution < 1.29 is 4.74 Å². The first-order valence-corrected chi connectivity index (χ1v) is 5.74. The van der Waals surface area contributed by atoms with E-state index < -0.39 is 0 Å². The molecule has 1 heterocycles. The Morgan fingerprint density at radius 3 is 2.94 bits per heavy atom. The molecule has 1 rings (SSSR count). The van der Waals surface area contributed by atoms with Crippen LogP contribution in [0.4, 0.5) is 0 Å². The summed E-state index contributed by atoms with van der Waals surface area (Å²) in [5, 5.41) is 7.71. The van der Waals surface area contributed by atoms with E-state index >= 15 is 0 Å². The van der Waals surface area contributed by atoms with Crippen LogP contribution in [-0.2, 0) is 18.3 Å². The minimum Gasteiger partial charge on any atom is -0.492 e. The number of hydrogen-bond acceptors (Lipinski definition) is 3. The van der Waals surface area contributed by atoms with Gasteiger partial charge in [-0.05, 0) is 19.9 Å². The van der Waals surface area contributed by atoms with Gasteiger partial charge in [0.1, 0.15) is 11.5 Å². The third-order valence-electron chi connectivity index (χ3n) is 2.23. The van der Waals surface area contributed by atoms with Gasteiger partial charge in [0.15, 0.2) is 0 Å². The predicted octanol–water partition coefficient (Wildman–Crippen LogP) is 1.93. The Morgan fingerprint density at radius 2 is 2.31 bits per heavy atom. The number of nitrogens with one attached hydrogen (secondary N) is 1. The summed E-state index contributed by atoms with van der Waals surface area (Å²) in [4.78, 5) is 0. The average Bonchev–Trinajstić information content (AvgIpc) is 2.61. The summed E-state index contributed by atoms with van der Waals surface area (Å²) in [5.41, 5.74) is 1.99. The van der Waals surface area contributed by atoms with E-state index in [-0.39, 0.29) is 0 Å². The Morgan fingerprint density at radius 1 is 1.56 bits per heavy atom. The van der Waals surface area contributed by atoms with E-state index in [2.05, 4.69) is 23.9 Å². The van der Waals surface area contributed by atoms with Gasteiger partial charge < -0.3 is 10.1 Å². The molecule has 4 heteroatoms. The second kappa shape index (κ2) is 6.33. The molecule has 0 aromatic carbocycles. The lowest BCUT2D eigenvalue weighted by atomic mass is 10.2. The fourth-order valence-electron chi connectivity index (χ4n) is 1.54. The zero-order valence-corrected chi connectivity index (χ0v) is 10.4. The molecule has 0 saturated carbocycles. The van der Waals surface area contributed by atoms with Gasteiger partial charge >= 0.3 is 0 Å². The van der Waals surface area contributed by atoms with Gasteiger partial charge in [0.2, 0.25) is 0 Å². The predicted molar refractivity (Wildman–Crippen MR) is 65.9 cm³/mol. The van der Waals surface area contributed by atoms with E-state index in [1.54, 1.807) is 4.68 Å². The van der Waals surface area contributed by atoms with Crippen LogP contribution in [0.25, 0.3) is 5.76 Å². The first-order valence-electron chi connectivity index (χ1n) is 5.74. The van der Waals surface area contributed by atoms with Crippen LogP contribution >= 0.6 is 0 Å². The lowest BCUT2D eigenvalue weighted by molar-refractivity contribution is 0.297. The van der Waals surface area contributed by atoms with Crippen LogP contribution in [0.2, 0.25) is 0 Å². The van der Waals surface area contributed by atoms with Crippen molar-refractivity contribution in [1.29, 1.82) is 0 Å². The lowest BCUT2D eigenvalue weighted by Crippen LogP contribution is -2.14. The maximum absolute atomic E-state index is 5.39. The molecule has 0 aliphatic rings. The molecular formula is C12H21N3O. The molecule has 4 nitrogen and oxygen atoms in total. The Bertz CT molecular complexity index is 344. The topological polar surface area (TPSA) is 39.1 Å². The molecule has 1 N–H and O–H groups in total. The van der Waals surface area contributed by atoms with E-state index in [0.717, 1.165) is 30.8 Å². The highest BCUT2D eigenvalue weighted by molar-refractivity contribution is 5.56. The van der Waals surface area contributed by atoms with Gasteiger partial charge in [-0.3, -0.25) is 4.68 Å². The van der Waals surface area contributed by atoms with Crippen LogP contribution in [0.1, 0.15) is 31.5 Å². The van der Waals surface area contributed by atoms with Gasteiger partial charge in [-0.25, -0.2) is 0 Å². The molecule has 0 bridgehead atoms. The highest BCUT2D eigenvalue weighted by Gasteiger charge is 2.11. The molecular weight excluding hydrogens is 202 g/mol. The normalized spacial score (nSPS) is 10.4. The molecule has 0 unspecified atom stereocenters. The molecule has 1 aromatic rings. The molecule has 0 radical (unpaired) electrons. The van der Waals surface area contributed by atoms with Gasteiger partial charge in [-0.2, -0.15) is 5.10 Å². The number of nitrogens with zero attached hydrogens (tertiary/aromatic N) is 2. The third-order valence-corrected chi connectivity index (χ3v) is 2.23. The number of hydrogen-bond donors (Lipinski definition) is 1. The van der Waals surface area contributed by atoms with Gasteiger partial charge in [0.25, 0.3) is 0 Å². The number of aromatic nitrogens is 2. The van der Waals surface area contributed by atoms with E-state index in [4.69, 9.17) is 4.74 Å². The van der Waals surface area contributed by atoms with Crippen LogP contribution in [0, 0.1) is 0 Å². The minimum atomic E-state index is 0.622. The van der Waals surface area contributed by atoms with Gasteiger partial charge in [-0.15, -0.1) is 0 Å². The summed E-state index contributed by atoms with van der Waals surface area (Å²) in [6, 6.07) is 0. The van der Waals surface area contributed by atoms with Crippen molar-refractivity contribution in [2.75, 3.05) is 13.2 Å². The highest BCUT2D eigenvalue weighted by atomic mass is 16.5. The molecule has 90 valence electrons. The molecule has 0 amide bonds. The maximum Gasteiger partial charge on any atom is 0.139 e. The molecule has 0 aliphatic carbocycles. The van der Waals surface area contributed by atoms with Gasteiger partial charge in [-0.1, -0.05) is 13.5 Å². The summed E-state index contributed by atoms with van der Waals surface area (Å²) in [5.74, 6) is 0.649. The van der Waals surface area contributed by atoms with Gasteiger partial charge in [0, 0.05) is 25.4 Å². The van der Waals surface area contributed by atoms with Gasteiger partial charge in [0.05, 0.1) is 6.61 Å². The summed E-state index contributed by atoms with van der Waals surface area (Å²) >= 11 is 0. The third kappa shape index (κ3) is 3.38. The minimum absolute atomic E-state index is 0.622. The lowest BCUT2D eigenvalue weighted by Gasteiger charge is -2.06. The smallest absolute Gasteiger partial charge is 0.139 e. The number of ether oxygens (including phenoxy) is 1. The van der Waals surface area contributed by atoms with Crippen molar-refractivity contribution in [2.24, 2.45) is 7.05 Å². The summed E-state index contributed by atoms with van der Waals surface area (Å²) in [6.07, 6.45) is 3.13. The Kier molecular flexibility index (Phi) is 5.05. The molecule has 0 spiro atoms. The Hall–Kier alpha value is -1.29. The van der Waals surface area contributed by atoms with Crippen molar-refractivity contribution >= 4 is 5.76 Å². The number of aryl methyl sites for hydroxylation is 1. The Labute approximate surface area is 97.3 Å². The standard InChI is InChI=1S/C12H21N3O/c1-5-7-13-8-11-9-15(4)14-12(11)10(3)16-6-2/h9,13H,3,5-8H2,1-2,4H3. The molecule has 0 fully saturated rings. The van der Waals surface area contributed by atoms with E-state index in [9.17, 15) is 0 Å². The van der Waals surface area contributed by atoms with Crippen LogP contribution < -0.4 is 5.32 Å². The van der Waals surface area contributed by atoms with Crippen molar-refractivity contribution in [1.82, 2.24) is 15.1 Å². The largest absolute Gasteiger partial charge is 0.492 e. The molecule has 0 saturated heterocycles. The molecule has 1 aromatic heterocycles. The Balaban J connectivity index is 2.70. The van der Waals surface area contributed by atoms with Crippen LogP contribution in [-0.4, -0.2) is 22.9 Å². The quantitative estimate of drug-likeness (QED) is 0.567. The number of rotatable bonds is 7. The summed E-state index contributed by atoms with van der Waals surface area (Å²) < 4.78 is 7.18. The highest BCUT2D eigenvalue weighted by Crippen LogP contribution is 2.16. The molecule has 16 heavy (non-hydrogen) atoms. The van der Waals surface area contributed by atoms with E-state index in [0.29, 0.717) is 12.4 Å². The first-order chi connectivity index (χ1) is 7.69. The van der Waals surface area contributed by atoms with E-state index in [1.165, 1.54) is 0 Å². The first kappa shape index (κ1) is 12.8. The van der Waals surface area contributed by atoms with Crippen molar-refractivity contribution in [2.45, 2.75) is 26.8 Å². The second-order valence-electron chi connectivity index (χ2n) is 3.71. The van der Waals surface area contributed by atoms with Crippen molar-refractivity contribution in [3.8, 4) is 0 Å². The van der Waals surface area contributed by atoms with Crippen LogP contribution in [0.3, 0.4) is 0 Å².